The SMILES string of the molecule is C[C@H](Nc1ccnc(-c2cnn3ccc(C#N)cc23)n1)c1ccccc1. The average Bonchev–Trinajstić information content (AvgIpc) is 3.12. The van der Waals surface area contributed by atoms with E-state index in [-0.39, 0.29) is 6.04 Å². The molecule has 126 valence electrons. The standard InChI is InChI=1S/C20H16N6/c1-14(16-5-3-2-4-6-16)24-19-7-9-22-20(25-19)17-13-23-26-10-8-15(12-21)11-18(17)26/h2-11,13-14H,1H3,(H,22,24,25)/t14-/m0/s1. The summed E-state index contributed by atoms with van der Waals surface area (Å²) in [5, 5.41) is 16.8. The quantitative estimate of drug-likeness (QED) is 0.611. The van der Waals surface area contributed by atoms with Crippen molar-refractivity contribution in [2.75, 3.05) is 5.32 Å². The summed E-state index contributed by atoms with van der Waals surface area (Å²) in [5.41, 5.74) is 3.35. The molecule has 0 spiro atoms. The van der Waals surface area contributed by atoms with Gasteiger partial charge in [-0.3, -0.25) is 0 Å². The first kappa shape index (κ1) is 15.8. The molecule has 0 aliphatic heterocycles. The maximum absolute atomic E-state index is 9.13. The van der Waals surface area contributed by atoms with E-state index in [0.717, 1.165) is 16.9 Å². The minimum absolute atomic E-state index is 0.119. The predicted molar refractivity (Wildman–Crippen MR) is 99.4 cm³/mol. The van der Waals surface area contributed by atoms with Crippen molar-refractivity contribution >= 4 is 11.3 Å². The van der Waals surface area contributed by atoms with Crippen LogP contribution in [0, 0.1) is 11.3 Å². The van der Waals surface area contributed by atoms with Crippen LogP contribution in [0.25, 0.3) is 16.9 Å². The zero-order valence-corrected chi connectivity index (χ0v) is 14.2. The van der Waals surface area contributed by atoms with E-state index in [1.54, 1.807) is 35.2 Å². The molecule has 3 heterocycles. The number of nitriles is 1. The van der Waals surface area contributed by atoms with Crippen molar-refractivity contribution in [2.24, 2.45) is 0 Å². The second-order valence-corrected chi connectivity index (χ2v) is 5.96. The van der Waals surface area contributed by atoms with Crippen LogP contribution in [0.1, 0.15) is 24.1 Å². The Morgan fingerprint density at radius 1 is 1.15 bits per heavy atom. The fraction of sp³-hybridized carbons (Fsp3) is 0.100. The Morgan fingerprint density at radius 3 is 2.81 bits per heavy atom. The fourth-order valence-electron chi connectivity index (χ4n) is 2.84. The minimum atomic E-state index is 0.119. The molecule has 0 unspecified atom stereocenters. The van der Waals surface area contributed by atoms with Crippen molar-refractivity contribution in [3.8, 4) is 17.5 Å². The zero-order valence-electron chi connectivity index (χ0n) is 14.2. The monoisotopic (exact) mass is 340 g/mol. The van der Waals surface area contributed by atoms with E-state index in [1.165, 1.54) is 5.56 Å². The minimum Gasteiger partial charge on any atom is -0.363 e. The Kier molecular flexibility index (Phi) is 4.04. The Hall–Kier alpha value is -3.72. The van der Waals surface area contributed by atoms with Crippen LogP contribution < -0.4 is 5.32 Å². The van der Waals surface area contributed by atoms with Crippen molar-refractivity contribution in [1.29, 1.82) is 5.26 Å². The molecule has 26 heavy (non-hydrogen) atoms. The molecular weight excluding hydrogens is 324 g/mol. The van der Waals surface area contributed by atoms with Crippen molar-refractivity contribution in [3.63, 3.8) is 0 Å². The average molecular weight is 340 g/mol. The van der Waals surface area contributed by atoms with Crippen LogP contribution >= 0.6 is 0 Å². The summed E-state index contributed by atoms with van der Waals surface area (Å²) in [6.45, 7) is 2.09. The third-order valence-corrected chi connectivity index (χ3v) is 4.21. The lowest BCUT2D eigenvalue weighted by atomic mass is 10.1. The van der Waals surface area contributed by atoms with Gasteiger partial charge in [-0.1, -0.05) is 30.3 Å². The highest BCUT2D eigenvalue weighted by atomic mass is 15.2. The highest BCUT2D eigenvalue weighted by molar-refractivity contribution is 5.77. The summed E-state index contributed by atoms with van der Waals surface area (Å²) in [6, 6.07) is 17.8. The first-order valence-electron chi connectivity index (χ1n) is 8.27. The number of benzene rings is 1. The Morgan fingerprint density at radius 2 is 2.00 bits per heavy atom. The lowest BCUT2D eigenvalue weighted by molar-refractivity contribution is 0.873. The van der Waals surface area contributed by atoms with Gasteiger partial charge in [0.2, 0.25) is 0 Å². The summed E-state index contributed by atoms with van der Waals surface area (Å²) in [7, 11) is 0. The molecule has 4 aromatic rings. The number of nitrogens with zero attached hydrogens (tertiary/aromatic N) is 5. The van der Waals surface area contributed by atoms with E-state index < -0.39 is 0 Å². The predicted octanol–water partition coefficient (Wildman–Crippen LogP) is 3.84. The van der Waals surface area contributed by atoms with Gasteiger partial charge in [0.25, 0.3) is 0 Å². The Balaban J connectivity index is 1.67. The van der Waals surface area contributed by atoms with Crippen molar-refractivity contribution < 1.29 is 0 Å². The zero-order chi connectivity index (χ0) is 17.9. The molecule has 0 saturated carbocycles. The summed E-state index contributed by atoms with van der Waals surface area (Å²) >= 11 is 0. The van der Waals surface area contributed by atoms with E-state index in [0.29, 0.717) is 11.4 Å². The second kappa shape index (κ2) is 6.65. The maximum Gasteiger partial charge on any atom is 0.165 e. The van der Waals surface area contributed by atoms with E-state index in [2.05, 4.69) is 45.5 Å². The number of hydrogen-bond acceptors (Lipinski definition) is 5. The molecule has 0 fully saturated rings. The van der Waals surface area contributed by atoms with Gasteiger partial charge in [0.05, 0.1) is 28.9 Å². The first-order valence-corrected chi connectivity index (χ1v) is 8.27. The van der Waals surface area contributed by atoms with Crippen LogP contribution in [0.15, 0.2) is 67.1 Å². The molecule has 1 N–H and O–H groups in total. The molecule has 0 amide bonds. The number of aromatic nitrogens is 4. The first-order chi connectivity index (χ1) is 12.7. The van der Waals surface area contributed by atoms with E-state index >= 15 is 0 Å². The maximum atomic E-state index is 9.13. The van der Waals surface area contributed by atoms with Gasteiger partial charge >= 0.3 is 0 Å². The third-order valence-electron chi connectivity index (χ3n) is 4.21. The van der Waals surface area contributed by atoms with E-state index in [9.17, 15) is 0 Å². The summed E-state index contributed by atoms with van der Waals surface area (Å²) in [4.78, 5) is 9.01. The number of anilines is 1. The highest BCUT2D eigenvalue weighted by Crippen LogP contribution is 2.24. The van der Waals surface area contributed by atoms with E-state index in [4.69, 9.17) is 5.26 Å². The molecule has 4 rings (SSSR count). The van der Waals surface area contributed by atoms with Gasteiger partial charge in [-0.05, 0) is 30.7 Å². The van der Waals surface area contributed by atoms with Crippen molar-refractivity contribution in [1.82, 2.24) is 19.6 Å². The molecule has 1 aromatic carbocycles. The molecule has 1 atom stereocenters. The summed E-state index contributed by atoms with van der Waals surface area (Å²) < 4.78 is 1.71. The van der Waals surface area contributed by atoms with Crippen LogP contribution in [0.5, 0.6) is 0 Å². The number of pyridine rings is 1. The van der Waals surface area contributed by atoms with Crippen molar-refractivity contribution in [2.45, 2.75) is 13.0 Å². The molecule has 6 heteroatoms. The summed E-state index contributed by atoms with van der Waals surface area (Å²) in [5.74, 6) is 1.31. The van der Waals surface area contributed by atoms with E-state index in [1.807, 2.05) is 24.3 Å². The Labute approximate surface area is 150 Å². The second-order valence-electron chi connectivity index (χ2n) is 5.96. The number of nitrogens with one attached hydrogen (secondary N) is 1. The van der Waals surface area contributed by atoms with Crippen molar-refractivity contribution in [3.05, 3.63) is 78.2 Å². The molecule has 6 nitrogen and oxygen atoms in total. The van der Waals surface area contributed by atoms with Gasteiger partial charge in [0.1, 0.15) is 5.82 Å². The molecule has 0 aliphatic carbocycles. The van der Waals surface area contributed by atoms with Gasteiger partial charge < -0.3 is 5.32 Å². The number of rotatable bonds is 4. The van der Waals surface area contributed by atoms with Crippen LogP contribution in [0.4, 0.5) is 5.82 Å². The lowest BCUT2D eigenvalue weighted by Gasteiger charge is -2.15. The van der Waals surface area contributed by atoms with Gasteiger partial charge in [0.15, 0.2) is 5.82 Å². The molecule has 0 bridgehead atoms. The normalized spacial score (nSPS) is 11.8. The summed E-state index contributed by atoms with van der Waals surface area (Å²) in [6.07, 6.45) is 5.20. The Bertz CT molecular complexity index is 1090. The van der Waals surface area contributed by atoms with Gasteiger partial charge in [-0.2, -0.15) is 10.4 Å². The molecule has 3 aromatic heterocycles. The molecule has 0 saturated heterocycles. The van der Waals surface area contributed by atoms with Gasteiger partial charge in [0, 0.05) is 18.4 Å². The smallest absolute Gasteiger partial charge is 0.165 e. The lowest BCUT2D eigenvalue weighted by Crippen LogP contribution is -2.08. The molecule has 0 radical (unpaired) electrons. The van der Waals surface area contributed by atoms with Crippen LogP contribution in [0.2, 0.25) is 0 Å². The van der Waals surface area contributed by atoms with Crippen LogP contribution in [-0.4, -0.2) is 19.6 Å². The van der Waals surface area contributed by atoms with Crippen LogP contribution in [0.3, 0.4) is 0 Å². The number of hydrogen-bond donors (Lipinski definition) is 1. The third kappa shape index (κ3) is 2.98. The largest absolute Gasteiger partial charge is 0.363 e. The fourth-order valence-corrected chi connectivity index (χ4v) is 2.84. The molecular formula is C20H16N6. The van der Waals surface area contributed by atoms with Gasteiger partial charge in [-0.25, -0.2) is 14.5 Å². The number of fused-ring (bicyclic) bond motifs is 1. The topological polar surface area (TPSA) is 78.9 Å². The van der Waals surface area contributed by atoms with Gasteiger partial charge in [-0.15, -0.1) is 0 Å². The van der Waals surface area contributed by atoms with Crippen LogP contribution in [-0.2, 0) is 0 Å². The highest BCUT2D eigenvalue weighted by Gasteiger charge is 2.12. The molecule has 0 aliphatic rings.